The summed E-state index contributed by atoms with van der Waals surface area (Å²) in [5.74, 6) is 0.501. The van der Waals surface area contributed by atoms with Gasteiger partial charge in [0, 0.05) is 12.8 Å². The van der Waals surface area contributed by atoms with Gasteiger partial charge < -0.3 is 15.2 Å². The lowest BCUT2D eigenvalue weighted by Crippen LogP contribution is -2.35. The molecule has 1 fully saturated rings. The molecule has 18 heavy (non-hydrogen) atoms. The van der Waals surface area contributed by atoms with Gasteiger partial charge in [-0.1, -0.05) is 12.2 Å². The van der Waals surface area contributed by atoms with Crippen molar-refractivity contribution >= 4 is 17.2 Å². The first-order valence-electron chi connectivity index (χ1n) is 5.98. The Hall–Kier alpha value is -1.27. The van der Waals surface area contributed by atoms with E-state index >= 15 is 0 Å². The Morgan fingerprint density at radius 3 is 2.50 bits per heavy atom. The van der Waals surface area contributed by atoms with E-state index in [9.17, 15) is 0 Å². The SMILES string of the molecule is CC1CC(Oc2cnc(C(N)=S)cn2)CC(C)O1. The molecule has 0 saturated carbocycles. The van der Waals surface area contributed by atoms with Gasteiger partial charge in [0.15, 0.2) is 0 Å². The third-order valence-electron chi connectivity index (χ3n) is 2.82. The smallest absolute Gasteiger partial charge is 0.232 e. The first-order chi connectivity index (χ1) is 8.54. The molecule has 0 radical (unpaired) electrons. The molecule has 1 aromatic rings. The van der Waals surface area contributed by atoms with Crippen LogP contribution in [0.4, 0.5) is 0 Å². The molecule has 0 spiro atoms. The van der Waals surface area contributed by atoms with Crippen molar-refractivity contribution in [1.82, 2.24) is 9.97 Å². The van der Waals surface area contributed by atoms with Crippen molar-refractivity contribution in [2.45, 2.75) is 45.0 Å². The number of aromatic nitrogens is 2. The number of ether oxygens (including phenoxy) is 2. The molecule has 6 heteroatoms. The van der Waals surface area contributed by atoms with Crippen LogP contribution in [-0.4, -0.2) is 33.3 Å². The predicted molar refractivity (Wildman–Crippen MR) is 71.6 cm³/mol. The van der Waals surface area contributed by atoms with Crippen LogP contribution in [0.5, 0.6) is 5.88 Å². The van der Waals surface area contributed by atoms with Crippen LogP contribution in [-0.2, 0) is 4.74 Å². The van der Waals surface area contributed by atoms with Gasteiger partial charge in [-0.05, 0) is 13.8 Å². The van der Waals surface area contributed by atoms with Gasteiger partial charge in [-0.15, -0.1) is 0 Å². The van der Waals surface area contributed by atoms with Crippen molar-refractivity contribution in [3.8, 4) is 5.88 Å². The van der Waals surface area contributed by atoms with Crippen molar-refractivity contribution in [3.05, 3.63) is 18.1 Å². The maximum atomic E-state index is 5.79. The third-order valence-corrected chi connectivity index (χ3v) is 3.03. The maximum absolute atomic E-state index is 5.79. The van der Waals surface area contributed by atoms with Gasteiger partial charge in [-0.25, -0.2) is 9.97 Å². The van der Waals surface area contributed by atoms with Gasteiger partial charge in [0.05, 0.1) is 24.6 Å². The fourth-order valence-corrected chi connectivity index (χ4v) is 2.22. The molecule has 1 aliphatic heterocycles. The number of nitrogens with two attached hydrogens (primary N) is 1. The van der Waals surface area contributed by atoms with Gasteiger partial charge in [-0.3, -0.25) is 0 Å². The van der Waals surface area contributed by atoms with Crippen molar-refractivity contribution in [3.63, 3.8) is 0 Å². The molecule has 2 heterocycles. The lowest BCUT2D eigenvalue weighted by molar-refractivity contribution is -0.0730. The molecule has 1 aromatic heterocycles. The van der Waals surface area contributed by atoms with Crippen LogP contribution in [0.25, 0.3) is 0 Å². The molecule has 2 N–H and O–H groups in total. The molecule has 2 rings (SSSR count). The lowest BCUT2D eigenvalue weighted by atomic mass is 10.0. The minimum atomic E-state index is 0.119. The summed E-state index contributed by atoms with van der Waals surface area (Å²) >= 11 is 4.82. The summed E-state index contributed by atoms with van der Waals surface area (Å²) in [4.78, 5) is 8.49. The normalized spacial score (nSPS) is 27.8. The molecule has 0 aliphatic carbocycles. The van der Waals surface area contributed by atoms with Gasteiger partial charge in [0.25, 0.3) is 0 Å². The average molecular weight is 267 g/mol. The van der Waals surface area contributed by atoms with Crippen molar-refractivity contribution < 1.29 is 9.47 Å². The number of thiocarbonyl (C=S) groups is 1. The Morgan fingerprint density at radius 2 is 2.00 bits per heavy atom. The molecule has 98 valence electrons. The van der Waals surface area contributed by atoms with Crippen molar-refractivity contribution in [2.24, 2.45) is 5.73 Å². The average Bonchev–Trinajstić information content (AvgIpc) is 2.28. The molecule has 2 unspecified atom stereocenters. The highest BCUT2D eigenvalue weighted by molar-refractivity contribution is 7.80. The fourth-order valence-electron chi connectivity index (χ4n) is 2.12. The Balaban J connectivity index is 1.98. The molecular formula is C12H17N3O2S. The lowest BCUT2D eigenvalue weighted by Gasteiger charge is -2.31. The van der Waals surface area contributed by atoms with E-state index in [2.05, 4.69) is 9.97 Å². The third kappa shape index (κ3) is 3.36. The monoisotopic (exact) mass is 267 g/mol. The van der Waals surface area contributed by atoms with Crippen LogP contribution in [0, 0.1) is 0 Å². The highest BCUT2D eigenvalue weighted by Gasteiger charge is 2.26. The van der Waals surface area contributed by atoms with E-state index in [1.807, 2.05) is 13.8 Å². The van der Waals surface area contributed by atoms with E-state index < -0.39 is 0 Å². The second-order valence-corrected chi connectivity index (χ2v) is 5.01. The van der Waals surface area contributed by atoms with Crippen LogP contribution in [0.3, 0.4) is 0 Å². The summed E-state index contributed by atoms with van der Waals surface area (Å²) in [5.41, 5.74) is 5.96. The molecule has 1 saturated heterocycles. The minimum Gasteiger partial charge on any atom is -0.473 e. The van der Waals surface area contributed by atoms with Crippen LogP contribution in [0.15, 0.2) is 12.4 Å². The number of rotatable bonds is 3. The largest absolute Gasteiger partial charge is 0.473 e. The minimum absolute atomic E-state index is 0.119. The van der Waals surface area contributed by atoms with E-state index in [1.54, 1.807) is 6.20 Å². The van der Waals surface area contributed by atoms with Gasteiger partial charge in [-0.2, -0.15) is 0 Å². The van der Waals surface area contributed by atoms with Crippen LogP contribution in [0.2, 0.25) is 0 Å². The maximum Gasteiger partial charge on any atom is 0.232 e. The molecule has 0 amide bonds. The molecule has 5 nitrogen and oxygen atoms in total. The zero-order chi connectivity index (χ0) is 13.1. The van der Waals surface area contributed by atoms with Crippen LogP contribution in [0.1, 0.15) is 32.4 Å². The second-order valence-electron chi connectivity index (χ2n) is 4.57. The Morgan fingerprint density at radius 1 is 1.33 bits per heavy atom. The van der Waals surface area contributed by atoms with Gasteiger partial charge in [0.1, 0.15) is 16.8 Å². The number of nitrogens with zero attached hydrogens (tertiary/aromatic N) is 2. The summed E-state index contributed by atoms with van der Waals surface area (Å²) in [5, 5.41) is 0. The molecular weight excluding hydrogens is 250 g/mol. The van der Waals surface area contributed by atoms with Crippen molar-refractivity contribution in [1.29, 1.82) is 0 Å². The molecule has 1 aliphatic rings. The van der Waals surface area contributed by atoms with Crippen LogP contribution < -0.4 is 10.5 Å². The molecule has 0 aromatic carbocycles. The molecule has 0 bridgehead atoms. The summed E-state index contributed by atoms with van der Waals surface area (Å²) in [6.45, 7) is 4.10. The standard InChI is InChI=1S/C12H17N3O2S/c1-7-3-9(4-8(2)16-7)17-11-6-14-10(5-15-11)12(13)18/h5-9H,3-4H2,1-2H3,(H2,13,18). The highest BCUT2D eigenvalue weighted by Crippen LogP contribution is 2.22. The summed E-state index contributed by atoms with van der Waals surface area (Å²) in [6, 6.07) is 0. The van der Waals surface area contributed by atoms with E-state index in [0.717, 1.165) is 12.8 Å². The van der Waals surface area contributed by atoms with Crippen molar-refractivity contribution in [2.75, 3.05) is 0 Å². The highest BCUT2D eigenvalue weighted by atomic mass is 32.1. The summed E-state index contributed by atoms with van der Waals surface area (Å²) in [7, 11) is 0. The van der Waals surface area contributed by atoms with Crippen LogP contribution >= 0.6 is 12.2 Å². The van der Waals surface area contributed by atoms with E-state index in [-0.39, 0.29) is 23.3 Å². The molecule has 2 atom stereocenters. The van der Waals surface area contributed by atoms with E-state index in [4.69, 9.17) is 27.4 Å². The Bertz CT molecular complexity index is 414. The first-order valence-corrected chi connectivity index (χ1v) is 6.39. The Labute approximate surface area is 112 Å². The zero-order valence-electron chi connectivity index (χ0n) is 10.5. The predicted octanol–water partition coefficient (Wildman–Crippen LogP) is 1.45. The number of hydrogen-bond donors (Lipinski definition) is 1. The number of hydrogen-bond acceptors (Lipinski definition) is 5. The van der Waals surface area contributed by atoms with E-state index in [1.165, 1.54) is 6.20 Å². The topological polar surface area (TPSA) is 70.3 Å². The quantitative estimate of drug-likeness (QED) is 0.836. The second kappa shape index (κ2) is 5.58. The summed E-state index contributed by atoms with van der Waals surface area (Å²) in [6.07, 6.45) is 5.36. The first kappa shape index (κ1) is 13.2. The van der Waals surface area contributed by atoms with E-state index in [0.29, 0.717) is 11.6 Å². The van der Waals surface area contributed by atoms with Gasteiger partial charge >= 0.3 is 0 Å². The fraction of sp³-hybridized carbons (Fsp3) is 0.583. The Kier molecular flexibility index (Phi) is 4.08. The summed E-state index contributed by atoms with van der Waals surface area (Å²) < 4.78 is 11.4. The van der Waals surface area contributed by atoms with Gasteiger partial charge in [0.2, 0.25) is 5.88 Å². The zero-order valence-corrected chi connectivity index (χ0v) is 11.3.